The first kappa shape index (κ1) is 17.7. The molecule has 3 aromatic rings. The third-order valence-corrected chi connectivity index (χ3v) is 4.65. The lowest BCUT2D eigenvalue weighted by molar-refractivity contribution is -0.137. The van der Waals surface area contributed by atoms with E-state index in [0.717, 1.165) is 22.6 Å². The van der Waals surface area contributed by atoms with Gasteiger partial charge in [0.05, 0.1) is 5.56 Å². The van der Waals surface area contributed by atoms with Crippen molar-refractivity contribution in [3.8, 4) is 10.4 Å². The van der Waals surface area contributed by atoms with E-state index in [0.29, 0.717) is 4.78 Å². The van der Waals surface area contributed by atoms with E-state index in [1.807, 2.05) is 17.5 Å². The number of thiophene rings is 2. The lowest BCUT2D eigenvalue weighted by atomic mass is 9.90. The molecule has 0 amide bonds. The van der Waals surface area contributed by atoms with Crippen LogP contribution in [0, 0.1) is 0 Å². The molecule has 0 saturated heterocycles. The molecule has 0 spiro atoms. The van der Waals surface area contributed by atoms with E-state index in [1.54, 1.807) is 17.5 Å². The Kier molecular flexibility index (Phi) is 6.00. The zero-order chi connectivity index (χ0) is 16.9. The van der Waals surface area contributed by atoms with Gasteiger partial charge in [-0.15, -0.1) is 11.3 Å². The second kappa shape index (κ2) is 7.78. The Bertz CT molecular complexity index is 693. The SMILES string of the molecule is FC(F)(F)c1ccc(-c2cccs2)cc1.OB(O)c1cccs1. The molecule has 0 saturated carbocycles. The molecule has 0 aliphatic carbocycles. The van der Waals surface area contributed by atoms with Gasteiger partial charge >= 0.3 is 13.3 Å². The second-order valence-corrected chi connectivity index (χ2v) is 6.37. The van der Waals surface area contributed by atoms with Crippen LogP contribution in [0.4, 0.5) is 13.2 Å². The third kappa shape index (κ3) is 5.21. The number of halogens is 3. The number of rotatable bonds is 2. The topological polar surface area (TPSA) is 40.5 Å². The monoisotopic (exact) mass is 356 g/mol. The van der Waals surface area contributed by atoms with E-state index >= 15 is 0 Å². The van der Waals surface area contributed by atoms with Crippen molar-refractivity contribution in [1.82, 2.24) is 0 Å². The van der Waals surface area contributed by atoms with E-state index in [1.165, 1.54) is 34.8 Å². The molecule has 0 fully saturated rings. The summed E-state index contributed by atoms with van der Waals surface area (Å²) in [6.07, 6.45) is -4.26. The smallest absolute Gasteiger partial charge is 0.423 e. The molecule has 2 aromatic heterocycles. The van der Waals surface area contributed by atoms with Gasteiger partial charge in [0.2, 0.25) is 0 Å². The molecule has 23 heavy (non-hydrogen) atoms. The van der Waals surface area contributed by atoms with Gasteiger partial charge in [0, 0.05) is 9.65 Å². The van der Waals surface area contributed by atoms with Gasteiger partial charge in [-0.3, -0.25) is 0 Å². The van der Waals surface area contributed by atoms with Gasteiger partial charge in [-0.1, -0.05) is 30.3 Å². The summed E-state index contributed by atoms with van der Waals surface area (Å²) < 4.78 is 37.4. The zero-order valence-electron chi connectivity index (χ0n) is 11.7. The molecule has 3 rings (SSSR count). The van der Waals surface area contributed by atoms with E-state index < -0.39 is 18.9 Å². The van der Waals surface area contributed by atoms with Crippen LogP contribution >= 0.6 is 22.7 Å². The lowest BCUT2D eigenvalue weighted by Crippen LogP contribution is -2.26. The van der Waals surface area contributed by atoms with Gasteiger partial charge in [-0.25, -0.2) is 0 Å². The Balaban J connectivity index is 0.000000203. The summed E-state index contributed by atoms with van der Waals surface area (Å²) in [5.41, 5.74) is 0.209. The first-order chi connectivity index (χ1) is 10.9. The number of alkyl halides is 3. The van der Waals surface area contributed by atoms with Crippen molar-refractivity contribution in [2.75, 3.05) is 0 Å². The van der Waals surface area contributed by atoms with Crippen molar-refractivity contribution in [3.63, 3.8) is 0 Å². The number of hydrogen-bond donors (Lipinski definition) is 2. The summed E-state index contributed by atoms with van der Waals surface area (Å²) in [6.45, 7) is 0. The molecule has 0 unspecified atom stereocenters. The van der Waals surface area contributed by atoms with Crippen LogP contribution in [0.5, 0.6) is 0 Å². The van der Waals surface area contributed by atoms with Gasteiger partial charge in [-0.2, -0.15) is 24.5 Å². The summed E-state index contributed by atoms with van der Waals surface area (Å²) in [5.74, 6) is 0. The van der Waals surface area contributed by atoms with Crippen molar-refractivity contribution in [3.05, 3.63) is 64.9 Å². The van der Waals surface area contributed by atoms with Crippen molar-refractivity contribution in [2.24, 2.45) is 0 Å². The van der Waals surface area contributed by atoms with Crippen LogP contribution in [0.2, 0.25) is 0 Å². The average molecular weight is 356 g/mol. The van der Waals surface area contributed by atoms with E-state index in [4.69, 9.17) is 10.0 Å². The molecule has 2 nitrogen and oxygen atoms in total. The van der Waals surface area contributed by atoms with Crippen LogP contribution in [-0.4, -0.2) is 17.2 Å². The fourth-order valence-electron chi connectivity index (χ4n) is 1.70. The van der Waals surface area contributed by atoms with Gasteiger partial charge in [0.15, 0.2) is 0 Å². The van der Waals surface area contributed by atoms with Gasteiger partial charge < -0.3 is 10.0 Å². The minimum atomic E-state index is -4.26. The predicted molar refractivity (Wildman–Crippen MR) is 88.9 cm³/mol. The molecule has 1 aromatic carbocycles. The Morgan fingerprint density at radius 1 is 0.826 bits per heavy atom. The van der Waals surface area contributed by atoms with Crippen molar-refractivity contribution < 1.29 is 23.2 Å². The maximum atomic E-state index is 12.3. The van der Waals surface area contributed by atoms with Crippen molar-refractivity contribution in [2.45, 2.75) is 6.18 Å². The van der Waals surface area contributed by atoms with Crippen LogP contribution in [0.15, 0.2) is 59.3 Å². The summed E-state index contributed by atoms with van der Waals surface area (Å²) >= 11 is 2.84. The maximum absolute atomic E-state index is 12.3. The Morgan fingerprint density at radius 3 is 1.83 bits per heavy atom. The molecule has 0 aliphatic heterocycles. The highest BCUT2D eigenvalue weighted by Gasteiger charge is 2.29. The fourth-order valence-corrected chi connectivity index (χ4v) is 3.03. The predicted octanol–water partition coefficient (Wildman–Crippen LogP) is 3.86. The fraction of sp³-hybridized carbons (Fsp3) is 0.0667. The minimum Gasteiger partial charge on any atom is -0.423 e. The minimum absolute atomic E-state index is 0.588. The first-order valence-corrected chi connectivity index (χ1v) is 8.24. The van der Waals surface area contributed by atoms with Crippen LogP contribution in [-0.2, 0) is 6.18 Å². The average Bonchev–Trinajstić information content (AvgIpc) is 3.21. The molecular formula is C15H12BF3O2S2. The Labute approximate surface area is 139 Å². The highest BCUT2D eigenvalue weighted by molar-refractivity contribution is 7.20. The Hall–Kier alpha value is -1.61. The first-order valence-electron chi connectivity index (χ1n) is 6.48. The summed E-state index contributed by atoms with van der Waals surface area (Å²) in [7, 11) is -1.30. The van der Waals surface area contributed by atoms with Crippen LogP contribution < -0.4 is 4.78 Å². The molecule has 0 bridgehead atoms. The molecular weight excluding hydrogens is 344 g/mol. The summed E-state index contributed by atoms with van der Waals surface area (Å²) in [4.78, 5) is 0.976. The van der Waals surface area contributed by atoms with Gasteiger partial charge in [-0.05, 0) is 34.5 Å². The zero-order valence-corrected chi connectivity index (χ0v) is 13.3. The Morgan fingerprint density at radius 2 is 1.43 bits per heavy atom. The number of benzene rings is 1. The van der Waals surface area contributed by atoms with Crippen molar-refractivity contribution in [1.29, 1.82) is 0 Å². The standard InChI is InChI=1S/C11H7F3S.C4H5BO2S/c12-11(13,14)9-5-3-8(4-6-9)10-2-1-7-15-10;6-5(7)4-2-1-3-8-4/h1-7H;1-3,6-7H. The van der Waals surface area contributed by atoms with Crippen LogP contribution in [0.25, 0.3) is 10.4 Å². The lowest BCUT2D eigenvalue weighted by Gasteiger charge is -2.06. The molecule has 2 N–H and O–H groups in total. The maximum Gasteiger partial charge on any atom is 0.499 e. The van der Waals surface area contributed by atoms with Crippen LogP contribution in [0.3, 0.4) is 0 Å². The molecule has 120 valence electrons. The highest BCUT2D eigenvalue weighted by atomic mass is 32.1. The van der Waals surface area contributed by atoms with E-state index in [2.05, 4.69) is 0 Å². The number of hydrogen-bond acceptors (Lipinski definition) is 4. The van der Waals surface area contributed by atoms with Crippen molar-refractivity contribution >= 4 is 34.6 Å². The summed E-state index contributed by atoms with van der Waals surface area (Å²) in [5, 5.41) is 20.7. The quantitative estimate of drug-likeness (QED) is 0.685. The molecule has 0 atom stereocenters. The highest BCUT2D eigenvalue weighted by Crippen LogP contribution is 2.31. The van der Waals surface area contributed by atoms with Crippen LogP contribution in [0.1, 0.15) is 5.56 Å². The van der Waals surface area contributed by atoms with E-state index in [9.17, 15) is 13.2 Å². The summed E-state index contributed by atoms with van der Waals surface area (Å²) in [6, 6.07) is 12.4. The van der Waals surface area contributed by atoms with E-state index in [-0.39, 0.29) is 0 Å². The van der Waals surface area contributed by atoms with Gasteiger partial charge in [0.25, 0.3) is 0 Å². The largest absolute Gasteiger partial charge is 0.499 e. The molecule has 0 radical (unpaired) electrons. The molecule has 0 aliphatic rings. The second-order valence-electron chi connectivity index (χ2n) is 4.44. The molecule has 2 heterocycles. The van der Waals surface area contributed by atoms with Gasteiger partial charge in [0.1, 0.15) is 0 Å². The molecule has 8 heteroatoms. The third-order valence-electron chi connectivity index (χ3n) is 2.82. The normalized spacial score (nSPS) is 10.8.